The molecule has 6 nitrogen and oxygen atoms in total. The fourth-order valence-electron chi connectivity index (χ4n) is 3.08. The molecule has 0 saturated carbocycles. The summed E-state index contributed by atoms with van der Waals surface area (Å²) in [6.07, 6.45) is 5.40. The van der Waals surface area contributed by atoms with Gasteiger partial charge in [-0.15, -0.1) is 0 Å². The number of hydrogen-bond donors (Lipinski definition) is 1. The molecule has 0 bridgehead atoms. The van der Waals surface area contributed by atoms with Crippen LogP contribution in [0, 0.1) is 0 Å². The van der Waals surface area contributed by atoms with Gasteiger partial charge in [0.05, 0.1) is 16.8 Å². The summed E-state index contributed by atoms with van der Waals surface area (Å²) >= 11 is 12.3. The predicted octanol–water partition coefficient (Wildman–Crippen LogP) is 3.09. The van der Waals surface area contributed by atoms with Crippen LogP contribution in [-0.4, -0.2) is 31.4 Å². The monoisotopic (exact) mass is 387 g/mol. The average Bonchev–Trinajstić information content (AvgIpc) is 2.66. The third-order valence-electron chi connectivity index (χ3n) is 4.38. The van der Waals surface area contributed by atoms with Gasteiger partial charge >= 0.3 is 0 Å². The summed E-state index contributed by atoms with van der Waals surface area (Å²) in [6, 6.07) is 5.42. The Bertz CT molecular complexity index is 1010. The van der Waals surface area contributed by atoms with Gasteiger partial charge in [0.2, 0.25) is 0 Å². The third kappa shape index (κ3) is 3.49. The summed E-state index contributed by atoms with van der Waals surface area (Å²) in [7, 11) is 0. The fourth-order valence-corrected chi connectivity index (χ4v) is 3.45. The lowest BCUT2D eigenvalue weighted by Crippen LogP contribution is -2.35. The maximum Gasteiger partial charge on any atom is 0.255 e. The largest absolute Gasteiger partial charge is 0.306 e. The van der Waals surface area contributed by atoms with Crippen molar-refractivity contribution in [1.29, 1.82) is 0 Å². The molecule has 0 aliphatic carbocycles. The van der Waals surface area contributed by atoms with E-state index in [2.05, 4.69) is 24.8 Å². The molecule has 1 aliphatic rings. The highest BCUT2D eigenvalue weighted by Gasteiger charge is 2.22. The van der Waals surface area contributed by atoms with Crippen molar-refractivity contribution in [2.75, 3.05) is 6.54 Å². The van der Waals surface area contributed by atoms with E-state index in [0.717, 1.165) is 17.8 Å². The molecule has 132 valence electrons. The molecule has 0 saturated heterocycles. The SMILES string of the molecule is O=c1[nH]c(-c2cncnc2)nc2c1CN(Cc1cc(Cl)ccc1Cl)CC2. The number of halogens is 2. The van der Waals surface area contributed by atoms with Crippen molar-refractivity contribution in [3.05, 3.63) is 74.1 Å². The van der Waals surface area contributed by atoms with Gasteiger partial charge in [-0.05, 0) is 23.8 Å². The topological polar surface area (TPSA) is 74.8 Å². The second kappa shape index (κ2) is 7.15. The number of fused-ring (bicyclic) bond motifs is 1. The third-order valence-corrected chi connectivity index (χ3v) is 4.99. The molecular weight excluding hydrogens is 373 g/mol. The quantitative estimate of drug-likeness (QED) is 0.747. The maximum atomic E-state index is 12.6. The zero-order chi connectivity index (χ0) is 18.1. The zero-order valence-corrected chi connectivity index (χ0v) is 15.3. The smallest absolute Gasteiger partial charge is 0.255 e. The molecule has 1 N–H and O–H groups in total. The van der Waals surface area contributed by atoms with Crippen molar-refractivity contribution in [3.63, 3.8) is 0 Å². The van der Waals surface area contributed by atoms with Gasteiger partial charge in [-0.1, -0.05) is 23.2 Å². The second-order valence-corrected chi connectivity index (χ2v) is 7.01. The minimum absolute atomic E-state index is 0.129. The molecule has 0 atom stereocenters. The van der Waals surface area contributed by atoms with Crippen molar-refractivity contribution < 1.29 is 0 Å². The second-order valence-electron chi connectivity index (χ2n) is 6.16. The number of aromatic amines is 1. The summed E-state index contributed by atoms with van der Waals surface area (Å²) in [5.74, 6) is 0.501. The van der Waals surface area contributed by atoms with Crippen LogP contribution in [0.5, 0.6) is 0 Å². The number of nitrogens with zero attached hydrogens (tertiary/aromatic N) is 4. The van der Waals surface area contributed by atoms with Crippen molar-refractivity contribution in [2.45, 2.75) is 19.5 Å². The van der Waals surface area contributed by atoms with E-state index in [1.165, 1.54) is 6.33 Å². The van der Waals surface area contributed by atoms with Gasteiger partial charge in [0.15, 0.2) is 0 Å². The molecular formula is C18H15Cl2N5O. The molecule has 1 aliphatic heterocycles. The molecule has 0 fully saturated rings. The first-order valence-corrected chi connectivity index (χ1v) is 8.89. The summed E-state index contributed by atoms with van der Waals surface area (Å²) in [4.78, 5) is 30.1. The first-order valence-electron chi connectivity index (χ1n) is 8.14. The Hall–Kier alpha value is -2.28. The number of nitrogens with one attached hydrogen (secondary N) is 1. The molecule has 8 heteroatoms. The summed E-state index contributed by atoms with van der Waals surface area (Å²) in [5.41, 5.74) is 3.03. The Kier molecular flexibility index (Phi) is 4.72. The lowest BCUT2D eigenvalue weighted by Gasteiger charge is -2.28. The van der Waals surface area contributed by atoms with Crippen LogP contribution < -0.4 is 5.56 Å². The van der Waals surface area contributed by atoms with Crippen LogP contribution in [0.1, 0.15) is 16.8 Å². The molecule has 0 unspecified atom stereocenters. The van der Waals surface area contributed by atoms with Crippen LogP contribution in [0.2, 0.25) is 10.0 Å². The van der Waals surface area contributed by atoms with E-state index in [1.54, 1.807) is 24.5 Å². The Labute approximate surface area is 159 Å². The summed E-state index contributed by atoms with van der Waals surface area (Å²) in [6.45, 7) is 1.94. The summed E-state index contributed by atoms with van der Waals surface area (Å²) in [5, 5.41) is 1.32. The first kappa shape index (κ1) is 17.1. The standard InChI is InChI=1S/C18H15Cl2N5O/c19-13-1-2-15(20)11(5-13)8-25-4-3-16-14(9-25)18(26)24-17(23-16)12-6-21-10-22-7-12/h1-2,5-7,10H,3-4,8-9H2,(H,23,24,26). The van der Waals surface area contributed by atoms with Crippen LogP contribution in [0.15, 0.2) is 41.7 Å². The zero-order valence-electron chi connectivity index (χ0n) is 13.7. The Balaban J connectivity index is 1.59. The van der Waals surface area contributed by atoms with E-state index < -0.39 is 0 Å². The van der Waals surface area contributed by atoms with Gasteiger partial charge in [-0.2, -0.15) is 0 Å². The van der Waals surface area contributed by atoms with E-state index in [1.807, 2.05) is 6.07 Å². The van der Waals surface area contributed by atoms with Gasteiger partial charge in [0.1, 0.15) is 12.2 Å². The van der Waals surface area contributed by atoms with Gasteiger partial charge < -0.3 is 4.98 Å². The van der Waals surface area contributed by atoms with Crippen LogP contribution in [0.4, 0.5) is 0 Å². The van der Waals surface area contributed by atoms with E-state index in [-0.39, 0.29) is 5.56 Å². The van der Waals surface area contributed by atoms with E-state index >= 15 is 0 Å². The number of aromatic nitrogens is 4. The number of benzene rings is 1. The lowest BCUT2D eigenvalue weighted by atomic mass is 10.1. The fraction of sp³-hybridized carbons (Fsp3) is 0.222. The van der Waals surface area contributed by atoms with Gasteiger partial charge in [0.25, 0.3) is 5.56 Å². The molecule has 2 aromatic heterocycles. The Morgan fingerprint density at radius 3 is 2.81 bits per heavy atom. The van der Waals surface area contributed by atoms with Gasteiger partial charge in [-0.3, -0.25) is 9.69 Å². The highest BCUT2D eigenvalue weighted by molar-refractivity contribution is 6.33. The minimum atomic E-state index is -0.129. The van der Waals surface area contributed by atoms with Crippen LogP contribution in [-0.2, 0) is 19.5 Å². The lowest BCUT2D eigenvalue weighted by molar-refractivity contribution is 0.242. The van der Waals surface area contributed by atoms with E-state index in [9.17, 15) is 4.79 Å². The predicted molar refractivity (Wildman–Crippen MR) is 100 cm³/mol. The Morgan fingerprint density at radius 1 is 1.19 bits per heavy atom. The van der Waals surface area contributed by atoms with Crippen LogP contribution in [0.3, 0.4) is 0 Å². The van der Waals surface area contributed by atoms with Crippen molar-refractivity contribution >= 4 is 23.2 Å². The van der Waals surface area contributed by atoms with Crippen molar-refractivity contribution in [2.24, 2.45) is 0 Å². The Morgan fingerprint density at radius 2 is 2.00 bits per heavy atom. The molecule has 0 radical (unpaired) electrons. The number of hydrogen-bond acceptors (Lipinski definition) is 5. The molecule has 26 heavy (non-hydrogen) atoms. The molecule has 0 amide bonds. The molecule has 4 rings (SSSR count). The molecule has 1 aromatic carbocycles. The van der Waals surface area contributed by atoms with Crippen molar-refractivity contribution in [3.8, 4) is 11.4 Å². The normalized spacial score (nSPS) is 14.2. The number of H-pyrrole nitrogens is 1. The molecule has 0 spiro atoms. The highest BCUT2D eigenvalue weighted by Crippen LogP contribution is 2.24. The van der Waals surface area contributed by atoms with Crippen LogP contribution in [0.25, 0.3) is 11.4 Å². The summed E-state index contributed by atoms with van der Waals surface area (Å²) < 4.78 is 0. The van der Waals surface area contributed by atoms with Gasteiger partial charge in [0, 0.05) is 48.5 Å². The van der Waals surface area contributed by atoms with Gasteiger partial charge in [-0.25, -0.2) is 15.0 Å². The molecule has 3 heterocycles. The van der Waals surface area contributed by atoms with Crippen molar-refractivity contribution in [1.82, 2.24) is 24.8 Å². The van der Waals surface area contributed by atoms with Crippen LogP contribution >= 0.6 is 23.2 Å². The minimum Gasteiger partial charge on any atom is -0.306 e. The van der Waals surface area contributed by atoms with E-state index in [4.69, 9.17) is 23.2 Å². The average molecular weight is 388 g/mol. The first-order chi connectivity index (χ1) is 12.6. The van der Waals surface area contributed by atoms with E-state index in [0.29, 0.717) is 46.5 Å². The number of rotatable bonds is 3. The maximum absolute atomic E-state index is 12.6. The molecule has 3 aromatic rings. The highest BCUT2D eigenvalue weighted by atomic mass is 35.5.